The molecule has 0 aliphatic heterocycles. The molecule has 0 unspecified atom stereocenters. The fourth-order valence-electron chi connectivity index (χ4n) is 1.74. The summed E-state index contributed by atoms with van der Waals surface area (Å²) in [5.74, 6) is -2.07. The first kappa shape index (κ1) is 13.0. The molecule has 0 radical (unpaired) electrons. The number of carboxylic acids is 1. The van der Waals surface area contributed by atoms with Crippen LogP contribution in [0.2, 0.25) is 0 Å². The van der Waals surface area contributed by atoms with E-state index >= 15 is 0 Å². The summed E-state index contributed by atoms with van der Waals surface area (Å²) in [6.07, 6.45) is 2.06. The number of halogens is 2. The Morgan fingerprint density at radius 1 is 1.05 bits per heavy atom. The van der Waals surface area contributed by atoms with Gasteiger partial charge in [-0.05, 0) is 35.4 Å². The monoisotopic (exact) mass is 260 g/mol. The number of carbonyl (C=O) groups is 1. The molecular formula is C15H10F2O2. The van der Waals surface area contributed by atoms with E-state index in [9.17, 15) is 13.6 Å². The topological polar surface area (TPSA) is 37.3 Å². The van der Waals surface area contributed by atoms with Gasteiger partial charge in [0.05, 0.1) is 0 Å². The lowest BCUT2D eigenvalue weighted by Crippen LogP contribution is -1.91. The highest BCUT2D eigenvalue weighted by Gasteiger charge is 2.08. The number of hydrogen-bond acceptors (Lipinski definition) is 1. The van der Waals surface area contributed by atoms with Gasteiger partial charge in [-0.3, -0.25) is 0 Å². The molecule has 2 rings (SSSR count). The summed E-state index contributed by atoms with van der Waals surface area (Å²) in [7, 11) is 0. The van der Waals surface area contributed by atoms with Crippen LogP contribution in [0, 0.1) is 11.6 Å². The number of aliphatic carboxylic acids is 1. The second-order valence-electron chi connectivity index (χ2n) is 3.88. The second kappa shape index (κ2) is 5.44. The van der Waals surface area contributed by atoms with Crippen LogP contribution in [0.1, 0.15) is 5.56 Å². The van der Waals surface area contributed by atoms with Crippen molar-refractivity contribution in [1.82, 2.24) is 0 Å². The molecule has 0 aromatic heterocycles. The molecule has 4 heteroatoms. The number of hydrogen-bond donors (Lipinski definition) is 1. The first-order chi connectivity index (χ1) is 9.08. The fraction of sp³-hybridized carbons (Fsp3) is 0. The molecule has 2 aromatic carbocycles. The van der Waals surface area contributed by atoms with Crippen LogP contribution < -0.4 is 0 Å². The third-order valence-corrected chi connectivity index (χ3v) is 2.60. The van der Waals surface area contributed by atoms with Crippen LogP contribution >= 0.6 is 0 Å². The van der Waals surface area contributed by atoms with Crippen molar-refractivity contribution in [2.45, 2.75) is 0 Å². The van der Waals surface area contributed by atoms with Crippen LogP contribution in [0.25, 0.3) is 17.2 Å². The molecular weight excluding hydrogens is 250 g/mol. The Morgan fingerprint density at radius 2 is 1.74 bits per heavy atom. The first-order valence-electron chi connectivity index (χ1n) is 5.53. The highest BCUT2D eigenvalue weighted by atomic mass is 19.1. The van der Waals surface area contributed by atoms with Crippen molar-refractivity contribution >= 4 is 12.0 Å². The molecule has 2 aromatic rings. The van der Waals surface area contributed by atoms with Gasteiger partial charge in [-0.2, -0.15) is 0 Å². The third-order valence-electron chi connectivity index (χ3n) is 2.60. The molecule has 0 amide bonds. The lowest BCUT2D eigenvalue weighted by atomic mass is 9.99. The summed E-state index contributed by atoms with van der Waals surface area (Å²) >= 11 is 0. The van der Waals surface area contributed by atoms with Gasteiger partial charge in [-0.1, -0.05) is 24.3 Å². The van der Waals surface area contributed by atoms with Crippen molar-refractivity contribution in [1.29, 1.82) is 0 Å². The molecule has 0 bridgehead atoms. The van der Waals surface area contributed by atoms with Crippen LogP contribution in [0.15, 0.2) is 48.5 Å². The van der Waals surface area contributed by atoms with Gasteiger partial charge >= 0.3 is 5.97 Å². The minimum atomic E-state index is -1.16. The molecule has 0 heterocycles. The Balaban J connectivity index is 2.54. The summed E-state index contributed by atoms with van der Waals surface area (Å²) in [4.78, 5) is 10.5. The number of carboxylic acid groups (broad SMARTS) is 1. The van der Waals surface area contributed by atoms with Crippen molar-refractivity contribution in [3.05, 3.63) is 65.7 Å². The van der Waals surface area contributed by atoms with Gasteiger partial charge in [0, 0.05) is 11.6 Å². The quantitative estimate of drug-likeness (QED) is 0.854. The summed E-state index contributed by atoms with van der Waals surface area (Å²) in [5, 5.41) is 8.60. The summed E-state index contributed by atoms with van der Waals surface area (Å²) in [6.45, 7) is 0. The fourth-order valence-corrected chi connectivity index (χ4v) is 1.74. The van der Waals surface area contributed by atoms with Gasteiger partial charge < -0.3 is 5.11 Å². The van der Waals surface area contributed by atoms with Crippen LogP contribution in [-0.4, -0.2) is 11.1 Å². The predicted molar refractivity (Wildman–Crippen MR) is 68.5 cm³/mol. The predicted octanol–water partition coefficient (Wildman–Crippen LogP) is 3.73. The SMILES string of the molecule is O=C(O)C=Cc1c(F)cccc1-c1ccc(F)cc1. The van der Waals surface area contributed by atoms with Gasteiger partial charge in [0.2, 0.25) is 0 Å². The standard InChI is InChI=1S/C15H10F2O2/c16-11-6-4-10(5-7-11)12-2-1-3-14(17)13(12)8-9-15(18)19/h1-9H,(H,18,19). The van der Waals surface area contributed by atoms with E-state index in [2.05, 4.69) is 0 Å². The van der Waals surface area contributed by atoms with Crippen molar-refractivity contribution < 1.29 is 18.7 Å². The van der Waals surface area contributed by atoms with Crippen molar-refractivity contribution in [2.75, 3.05) is 0 Å². The minimum absolute atomic E-state index is 0.163. The third kappa shape index (κ3) is 3.04. The molecule has 19 heavy (non-hydrogen) atoms. The van der Waals surface area contributed by atoms with Gasteiger partial charge in [0.15, 0.2) is 0 Å². The lowest BCUT2D eigenvalue weighted by molar-refractivity contribution is -0.131. The van der Waals surface area contributed by atoms with E-state index in [1.165, 1.54) is 42.5 Å². The average Bonchev–Trinajstić information content (AvgIpc) is 2.38. The van der Waals surface area contributed by atoms with Crippen LogP contribution in [0.5, 0.6) is 0 Å². The zero-order valence-electron chi connectivity index (χ0n) is 9.81. The highest BCUT2D eigenvalue weighted by Crippen LogP contribution is 2.27. The van der Waals surface area contributed by atoms with Crippen molar-refractivity contribution in [3.8, 4) is 11.1 Å². The van der Waals surface area contributed by atoms with Gasteiger partial charge in [-0.15, -0.1) is 0 Å². The average molecular weight is 260 g/mol. The maximum absolute atomic E-state index is 13.7. The number of benzene rings is 2. The smallest absolute Gasteiger partial charge is 0.328 e. The lowest BCUT2D eigenvalue weighted by Gasteiger charge is -2.07. The summed E-state index contributed by atoms with van der Waals surface area (Å²) in [5.41, 5.74) is 1.29. The van der Waals surface area contributed by atoms with E-state index < -0.39 is 11.8 Å². The van der Waals surface area contributed by atoms with Crippen LogP contribution in [-0.2, 0) is 4.79 Å². The van der Waals surface area contributed by atoms with E-state index in [0.717, 1.165) is 6.08 Å². The van der Waals surface area contributed by atoms with E-state index in [0.29, 0.717) is 11.1 Å². The Bertz CT molecular complexity index is 631. The Hall–Kier alpha value is -2.49. The molecule has 2 nitrogen and oxygen atoms in total. The van der Waals surface area contributed by atoms with Gasteiger partial charge in [0.1, 0.15) is 11.6 Å². The maximum atomic E-state index is 13.7. The zero-order chi connectivity index (χ0) is 13.8. The number of rotatable bonds is 3. The van der Waals surface area contributed by atoms with Crippen molar-refractivity contribution in [3.63, 3.8) is 0 Å². The van der Waals surface area contributed by atoms with E-state index in [4.69, 9.17) is 5.11 Å². The normalized spacial score (nSPS) is 10.8. The molecule has 0 aliphatic carbocycles. The minimum Gasteiger partial charge on any atom is -0.478 e. The van der Waals surface area contributed by atoms with Crippen LogP contribution in [0.4, 0.5) is 8.78 Å². The summed E-state index contributed by atoms with van der Waals surface area (Å²) < 4.78 is 26.6. The van der Waals surface area contributed by atoms with Gasteiger partial charge in [0.25, 0.3) is 0 Å². The molecule has 96 valence electrons. The van der Waals surface area contributed by atoms with Crippen molar-refractivity contribution in [2.24, 2.45) is 0 Å². The van der Waals surface area contributed by atoms with Crippen LogP contribution in [0.3, 0.4) is 0 Å². The van der Waals surface area contributed by atoms with E-state index in [1.54, 1.807) is 6.07 Å². The molecule has 0 spiro atoms. The molecule has 0 atom stereocenters. The van der Waals surface area contributed by atoms with E-state index in [1.807, 2.05) is 0 Å². The Morgan fingerprint density at radius 3 is 2.37 bits per heavy atom. The zero-order valence-corrected chi connectivity index (χ0v) is 9.81. The van der Waals surface area contributed by atoms with E-state index in [-0.39, 0.29) is 11.4 Å². The highest BCUT2D eigenvalue weighted by molar-refractivity contribution is 5.88. The summed E-state index contributed by atoms with van der Waals surface area (Å²) in [6, 6.07) is 9.98. The van der Waals surface area contributed by atoms with Gasteiger partial charge in [-0.25, -0.2) is 13.6 Å². The molecule has 0 fully saturated rings. The Labute approximate surface area is 108 Å². The molecule has 0 saturated heterocycles. The second-order valence-corrected chi connectivity index (χ2v) is 3.88. The molecule has 1 N–H and O–H groups in total. The largest absolute Gasteiger partial charge is 0.478 e. The molecule has 0 aliphatic rings. The first-order valence-corrected chi connectivity index (χ1v) is 5.53. The maximum Gasteiger partial charge on any atom is 0.328 e. The Kier molecular flexibility index (Phi) is 3.71. The molecule has 0 saturated carbocycles.